The van der Waals surface area contributed by atoms with E-state index in [0.29, 0.717) is 25.7 Å². The van der Waals surface area contributed by atoms with Crippen molar-refractivity contribution < 1.29 is 19.8 Å². The minimum absolute atomic E-state index is 0.0191. The van der Waals surface area contributed by atoms with Gasteiger partial charge in [-0.15, -0.1) is 0 Å². The fraction of sp³-hybridized carbons (Fsp3) is 0.704. The molecule has 2 fully saturated rings. The molecular weight excluding hydrogens is 402 g/mol. The second kappa shape index (κ2) is 13.1. The molecule has 0 bridgehead atoms. The molecule has 1 aromatic carbocycles. The van der Waals surface area contributed by atoms with Gasteiger partial charge in [0.2, 0.25) is 5.91 Å². The number of aliphatic hydroxyl groups is 2. The molecule has 1 amide bonds. The summed E-state index contributed by atoms with van der Waals surface area (Å²) in [7, 11) is 0. The number of aryl methyl sites for hydroxylation is 1. The van der Waals surface area contributed by atoms with Crippen LogP contribution in [-0.2, 0) is 16.0 Å². The Morgan fingerprint density at radius 2 is 1.78 bits per heavy atom. The second-order valence-electron chi connectivity index (χ2n) is 9.96. The van der Waals surface area contributed by atoms with Crippen LogP contribution in [0.25, 0.3) is 0 Å². The molecule has 0 heterocycles. The van der Waals surface area contributed by atoms with Gasteiger partial charge in [-0.25, -0.2) is 0 Å². The second-order valence-corrected chi connectivity index (χ2v) is 9.96. The number of ketones is 1. The van der Waals surface area contributed by atoms with Gasteiger partial charge in [-0.2, -0.15) is 0 Å². The standard InChI is InChI=1S/C27H41NO4/c29-22(15-14-20-8-4-3-5-9-20)16-17-24-23(25(30)18-26(24)31)10-6-1-2-7-11-27(32)28-19-21-12-13-21/h3-5,8-9,21-25,29-30H,1-2,6-7,10-19H2,(H,28,32)/t22-,23?,24+,25-/m0/s1. The van der Waals surface area contributed by atoms with E-state index in [4.69, 9.17) is 0 Å². The van der Waals surface area contributed by atoms with Gasteiger partial charge in [-0.1, -0.05) is 49.6 Å². The number of carbonyl (C=O) groups excluding carboxylic acids is 2. The van der Waals surface area contributed by atoms with E-state index in [1.165, 1.54) is 18.4 Å². The van der Waals surface area contributed by atoms with E-state index in [2.05, 4.69) is 17.4 Å². The van der Waals surface area contributed by atoms with E-state index in [1.54, 1.807) is 0 Å². The van der Waals surface area contributed by atoms with Crippen molar-refractivity contribution in [3.8, 4) is 0 Å². The van der Waals surface area contributed by atoms with Crippen molar-refractivity contribution in [1.29, 1.82) is 0 Å². The van der Waals surface area contributed by atoms with Crippen LogP contribution >= 0.6 is 0 Å². The average molecular weight is 444 g/mol. The van der Waals surface area contributed by atoms with Gasteiger partial charge in [0.15, 0.2) is 0 Å². The van der Waals surface area contributed by atoms with Crippen molar-refractivity contribution in [2.45, 2.75) is 95.7 Å². The minimum Gasteiger partial charge on any atom is -0.393 e. The van der Waals surface area contributed by atoms with Crippen molar-refractivity contribution in [3.63, 3.8) is 0 Å². The first kappa shape index (κ1) is 24.9. The van der Waals surface area contributed by atoms with E-state index in [9.17, 15) is 19.8 Å². The number of aliphatic hydroxyl groups excluding tert-OH is 2. The van der Waals surface area contributed by atoms with E-state index in [0.717, 1.165) is 51.0 Å². The quantitative estimate of drug-likeness (QED) is 0.355. The summed E-state index contributed by atoms with van der Waals surface area (Å²) in [6, 6.07) is 10.1. The van der Waals surface area contributed by atoms with Crippen LogP contribution in [0, 0.1) is 17.8 Å². The lowest BCUT2D eigenvalue weighted by molar-refractivity contribution is -0.122. The Hall–Kier alpha value is -1.72. The van der Waals surface area contributed by atoms with Crippen LogP contribution in [0.15, 0.2) is 30.3 Å². The molecule has 4 atom stereocenters. The Bertz CT molecular complexity index is 703. The molecule has 0 aromatic heterocycles. The number of amides is 1. The molecule has 1 unspecified atom stereocenters. The van der Waals surface area contributed by atoms with Gasteiger partial charge in [0.1, 0.15) is 5.78 Å². The van der Waals surface area contributed by atoms with Crippen LogP contribution in [0.1, 0.15) is 82.6 Å². The van der Waals surface area contributed by atoms with Gasteiger partial charge < -0.3 is 15.5 Å². The number of benzene rings is 1. The number of carbonyl (C=O) groups is 2. The summed E-state index contributed by atoms with van der Waals surface area (Å²) in [5.74, 6) is 0.942. The topological polar surface area (TPSA) is 86.6 Å². The maximum atomic E-state index is 12.4. The molecule has 32 heavy (non-hydrogen) atoms. The fourth-order valence-corrected chi connectivity index (χ4v) is 4.97. The molecular formula is C27H41NO4. The molecule has 0 aliphatic heterocycles. The smallest absolute Gasteiger partial charge is 0.220 e. The summed E-state index contributed by atoms with van der Waals surface area (Å²) in [6.07, 6.45) is 10.0. The largest absolute Gasteiger partial charge is 0.393 e. The highest BCUT2D eigenvalue weighted by atomic mass is 16.3. The van der Waals surface area contributed by atoms with Crippen molar-refractivity contribution in [2.75, 3.05) is 6.54 Å². The van der Waals surface area contributed by atoms with Gasteiger partial charge in [-0.05, 0) is 68.8 Å². The highest BCUT2D eigenvalue weighted by Crippen LogP contribution is 2.36. The molecule has 5 nitrogen and oxygen atoms in total. The van der Waals surface area contributed by atoms with Crippen LogP contribution in [0.5, 0.6) is 0 Å². The van der Waals surface area contributed by atoms with Gasteiger partial charge in [0.05, 0.1) is 12.2 Å². The third kappa shape index (κ3) is 8.67. The molecule has 2 aliphatic rings. The van der Waals surface area contributed by atoms with E-state index in [-0.39, 0.29) is 29.9 Å². The Labute approximate surface area is 193 Å². The first-order valence-corrected chi connectivity index (χ1v) is 12.7. The third-order valence-electron chi connectivity index (χ3n) is 7.23. The van der Waals surface area contributed by atoms with Crippen LogP contribution in [0.3, 0.4) is 0 Å². The molecule has 0 spiro atoms. The van der Waals surface area contributed by atoms with E-state index >= 15 is 0 Å². The summed E-state index contributed by atoms with van der Waals surface area (Å²) in [5, 5.41) is 23.8. The molecule has 1 aromatic rings. The molecule has 5 heteroatoms. The summed E-state index contributed by atoms with van der Waals surface area (Å²) in [4.78, 5) is 24.2. The van der Waals surface area contributed by atoms with E-state index in [1.807, 2.05) is 18.2 Å². The molecule has 2 aliphatic carbocycles. The number of rotatable bonds is 15. The van der Waals surface area contributed by atoms with Crippen LogP contribution < -0.4 is 5.32 Å². The van der Waals surface area contributed by atoms with Gasteiger partial charge >= 0.3 is 0 Å². The SMILES string of the molecule is O=C(CCCCCCC1[C@@H](O)CC(=O)[C@@H]1CC[C@@H](O)CCc1ccccc1)NCC1CC1. The summed E-state index contributed by atoms with van der Waals surface area (Å²) in [6.45, 7) is 0.842. The molecule has 178 valence electrons. The predicted octanol–water partition coefficient (Wildman–Crippen LogP) is 4.19. The van der Waals surface area contributed by atoms with Gasteiger partial charge in [0.25, 0.3) is 0 Å². The maximum Gasteiger partial charge on any atom is 0.220 e. The number of Topliss-reactive ketones (excluding diaryl/α,β-unsaturated/α-hetero) is 1. The lowest BCUT2D eigenvalue weighted by Crippen LogP contribution is -2.25. The Kier molecular flexibility index (Phi) is 10.2. The Morgan fingerprint density at radius 3 is 2.53 bits per heavy atom. The maximum absolute atomic E-state index is 12.4. The van der Waals surface area contributed by atoms with Crippen LogP contribution in [-0.4, -0.2) is 40.7 Å². The fourth-order valence-electron chi connectivity index (χ4n) is 4.97. The van der Waals surface area contributed by atoms with Crippen LogP contribution in [0.2, 0.25) is 0 Å². The number of hydrogen-bond donors (Lipinski definition) is 3. The lowest BCUT2D eigenvalue weighted by atomic mass is 9.85. The zero-order chi connectivity index (χ0) is 22.8. The summed E-state index contributed by atoms with van der Waals surface area (Å²) in [5.41, 5.74) is 1.22. The molecule has 2 saturated carbocycles. The van der Waals surface area contributed by atoms with Crippen LogP contribution in [0.4, 0.5) is 0 Å². The van der Waals surface area contributed by atoms with Crippen molar-refractivity contribution >= 4 is 11.7 Å². The zero-order valence-corrected chi connectivity index (χ0v) is 19.4. The third-order valence-corrected chi connectivity index (χ3v) is 7.23. The van der Waals surface area contributed by atoms with Crippen molar-refractivity contribution in [2.24, 2.45) is 17.8 Å². The molecule has 0 radical (unpaired) electrons. The zero-order valence-electron chi connectivity index (χ0n) is 19.4. The lowest BCUT2D eigenvalue weighted by Gasteiger charge is -2.22. The summed E-state index contributed by atoms with van der Waals surface area (Å²) < 4.78 is 0. The monoisotopic (exact) mass is 443 g/mol. The first-order valence-electron chi connectivity index (χ1n) is 12.7. The Balaban J connectivity index is 1.29. The molecule has 0 saturated heterocycles. The molecule has 3 rings (SSSR count). The van der Waals surface area contributed by atoms with Crippen molar-refractivity contribution in [1.82, 2.24) is 5.32 Å². The number of nitrogens with one attached hydrogen (secondary N) is 1. The van der Waals surface area contributed by atoms with Gasteiger partial charge in [0, 0.05) is 25.3 Å². The summed E-state index contributed by atoms with van der Waals surface area (Å²) >= 11 is 0. The van der Waals surface area contributed by atoms with E-state index < -0.39 is 12.2 Å². The predicted molar refractivity (Wildman–Crippen MR) is 126 cm³/mol. The Morgan fingerprint density at radius 1 is 1.03 bits per heavy atom. The van der Waals surface area contributed by atoms with Crippen molar-refractivity contribution in [3.05, 3.63) is 35.9 Å². The van der Waals surface area contributed by atoms with Gasteiger partial charge in [-0.3, -0.25) is 9.59 Å². The highest BCUT2D eigenvalue weighted by Gasteiger charge is 2.40. The minimum atomic E-state index is -0.540. The number of hydrogen-bond acceptors (Lipinski definition) is 4. The average Bonchev–Trinajstić information content (AvgIpc) is 3.58. The highest BCUT2D eigenvalue weighted by molar-refractivity contribution is 5.84. The number of unbranched alkanes of at least 4 members (excludes halogenated alkanes) is 3. The molecule has 3 N–H and O–H groups in total. The first-order chi connectivity index (χ1) is 15.5. The normalized spacial score (nSPS) is 23.9.